The summed E-state index contributed by atoms with van der Waals surface area (Å²) in [5.41, 5.74) is 5.85. The highest BCUT2D eigenvalue weighted by molar-refractivity contribution is 5.94. The lowest BCUT2D eigenvalue weighted by molar-refractivity contribution is -0.126. The fourth-order valence-electron chi connectivity index (χ4n) is 2.04. The van der Waals surface area contributed by atoms with Crippen LogP contribution in [-0.4, -0.2) is 31.3 Å². The Morgan fingerprint density at radius 2 is 2.30 bits per heavy atom. The quantitative estimate of drug-likeness (QED) is 0.864. The minimum absolute atomic E-state index is 0.00928. The van der Waals surface area contributed by atoms with Crippen LogP contribution < -0.4 is 15.8 Å². The lowest BCUT2D eigenvalue weighted by atomic mass is 10.2. The average molecular weight is 286 g/mol. The number of benzene rings is 1. The molecule has 0 bridgehead atoms. The zero-order chi connectivity index (χ0) is 14.5. The van der Waals surface area contributed by atoms with E-state index in [4.69, 9.17) is 10.5 Å². The van der Waals surface area contributed by atoms with Gasteiger partial charge in [-0.15, -0.1) is 0 Å². The van der Waals surface area contributed by atoms with E-state index in [2.05, 4.69) is 10.1 Å². The third-order valence-electron chi connectivity index (χ3n) is 2.99. The average Bonchev–Trinajstić information content (AvgIpc) is 2.87. The van der Waals surface area contributed by atoms with Crippen molar-refractivity contribution in [3.05, 3.63) is 24.3 Å². The number of nitrogens with two attached hydrogens (primary N) is 1. The number of rotatable bonds is 5. The minimum atomic E-state index is -2.90. The lowest BCUT2D eigenvalue weighted by Crippen LogP contribution is -2.29. The van der Waals surface area contributed by atoms with E-state index >= 15 is 0 Å². The van der Waals surface area contributed by atoms with Crippen molar-refractivity contribution < 1.29 is 23.0 Å². The second kappa shape index (κ2) is 6.62. The molecular weight excluding hydrogens is 270 g/mol. The van der Waals surface area contributed by atoms with E-state index < -0.39 is 12.7 Å². The van der Waals surface area contributed by atoms with E-state index in [1.807, 2.05) is 0 Å². The van der Waals surface area contributed by atoms with Crippen LogP contribution in [0.4, 0.5) is 14.5 Å². The predicted molar refractivity (Wildman–Crippen MR) is 68.7 cm³/mol. The molecule has 1 aliphatic heterocycles. The third-order valence-corrected chi connectivity index (χ3v) is 2.99. The molecule has 1 saturated heterocycles. The number of nitrogens with one attached hydrogen (secondary N) is 1. The van der Waals surface area contributed by atoms with Gasteiger partial charge in [-0.25, -0.2) is 0 Å². The molecule has 110 valence electrons. The first-order chi connectivity index (χ1) is 9.58. The van der Waals surface area contributed by atoms with Crippen molar-refractivity contribution in [1.82, 2.24) is 0 Å². The summed E-state index contributed by atoms with van der Waals surface area (Å²) in [5.74, 6) is -0.319. The van der Waals surface area contributed by atoms with Gasteiger partial charge in [-0.3, -0.25) is 4.79 Å². The molecule has 2 unspecified atom stereocenters. The number of hydrogen-bond donors (Lipinski definition) is 2. The van der Waals surface area contributed by atoms with Crippen LogP contribution in [-0.2, 0) is 9.53 Å². The summed E-state index contributed by atoms with van der Waals surface area (Å²) in [5, 5.41) is 2.61. The lowest BCUT2D eigenvalue weighted by Gasteiger charge is -2.13. The molecule has 1 aromatic rings. The van der Waals surface area contributed by atoms with Gasteiger partial charge in [-0.05, 0) is 25.0 Å². The van der Waals surface area contributed by atoms with Crippen LogP contribution in [0.25, 0.3) is 0 Å². The van der Waals surface area contributed by atoms with Gasteiger partial charge >= 0.3 is 6.61 Å². The van der Waals surface area contributed by atoms with Gasteiger partial charge in [0.2, 0.25) is 0 Å². The molecule has 2 rings (SSSR count). The van der Waals surface area contributed by atoms with E-state index in [1.165, 1.54) is 18.2 Å². The smallest absolute Gasteiger partial charge is 0.387 e. The number of hydrogen-bond acceptors (Lipinski definition) is 4. The second-order valence-electron chi connectivity index (χ2n) is 4.46. The molecule has 5 nitrogen and oxygen atoms in total. The van der Waals surface area contributed by atoms with E-state index in [0.717, 1.165) is 6.42 Å². The number of alkyl halides is 2. The standard InChI is InChI=1S/C13H16F2N2O3/c14-13(15)20-9-3-1-2-8(6-9)17-12(18)11-5-4-10(7-16)19-11/h1-3,6,10-11,13H,4-5,7,16H2,(H,17,18). The highest BCUT2D eigenvalue weighted by atomic mass is 19.3. The number of anilines is 1. The highest BCUT2D eigenvalue weighted by Crippen LogP contribution is 2.22. The maximum atomic E-state index is 12.1. The molecule has 1 fully saturated rings. The van der Waals surface area contributed by atoms with Gasteiger partial charge in [-0.2, -0.15) is 8.78 Å². The van der Waals surface area contributed by atoms with Crippen molar-refractivity contribution in [2.75, 3.05) is 11.9 Å². The molecule has 1 aromatic carbocycles. The molecule has 0 saturated carbocycles. The second-order valence-corrected chi connectivity index (χ2v) is 4.46. The first kappa shape index (κ1) is 14.7. The predicted octanol–water partition coefficient (Wildman–Crippen LogP) is 1.73. The van der Waals surface area contributed by atoms with E-state index in [-0.39, 0.29) is 17.8 Å². The van der Waals surface area contributed by atoms with Crippen LogP contribution in [0.1, 0.15) is 12.8 Å². The number of halogens is 2. The van der Waals surface area contributed by atoms with Crippen molar-refractivity contribution >= 4 is 11.6 Å². The number of ether oxygens (including phenoxy) is 2. The Morgan fingerprint density at radius 3 is 2.95 bits per heavy atom. The minimum Gasteiger partial charge on any atom is -0.435 e. The largest absolute Gasteiger partial charge is 0.435 e. The van der Waals surface area contributed by atoms with Gasteiger partial charge < -0.3 is 20.5 Å². The number of carbonyl (C=O) groups excluding carboxylic acids is 1. The van der Waals surface area contributed by atoms with Crippen molar-refractivity contribution in [1.29, 1.82) is 0 Å². The van der Waals surface area contributed by atoms with E-state index in [0.29, 0.717) is 18.7 Å². The van der Waals surface area contributed by atoms with Crippen LogP contribution in [0.3, 0.4) is 0 Å². The number of amides is 1. The number of carbonyl (C=O) groups is 1. The Morgan fingerprint density at radius 1 is 1.50 bits per heavy atom. The van der Waals surface area contributed by atoms with Gasteiger partial charge in [-0.1, -0.05) is 6.07 Å². The monoisotopic (exact) mass is 286 g/mol. The van der Waals surface area contributed by atoms with Crippen molar-refractivity contribution in [2.45, 2.75) is 31.7 Å². The summed E-state index contributed by atoms with van der Waals surface area (Å²) in [6.45, 7) is -2.52. The Labute approximate surface area is 115 Å². The molecule has 0 aliphatic carbocycles. The molecular formula is C13H16F2N2O3. The maximum Gasteiger partial charge on any atom is 0.387 e. The molecule has 7 heteroatoms. The molecule has 3 N–H and O–H groups in total. The van der Waals surface area contributed by atoms with Crippen LogP contribution in [0.2, 0.25) is 0 Å². The molecule has 1 amide bonds. The van der Waals surface area contributed by atoms with Gasteiger partial charge in [0.15, 0.2) is 0 Å². The van der Waals surface area contributed by atoms with Crippen LogP contribution >= 0.6 is 0 Å². The first-order valence-corrected chi connectivity index (χ1v) is 6.29. The molecule has 20 heavy (non-hydrogen) atoms. The topological polar surface area (TPSA) is 73.6 Å². The van der Waals surface area contributed by atoms with E-state index in [9.17, 15) is 13.6 Å². The van der Waals surface area contributed by atoms with Crippen molar-refractivity contribution in [2.24, 2.45) is 5.73 Å². The third kappa shape index (κ3) is 3.88. The molecule has 2 atom stereocenters. The van der Waals surface area contributed by atoms with Crippen LogP contribution in [0, 0.1) is 0 Å². The van der Waals surface area contributed by atoms with Gasteiger partial charge in [0.1, 0.15) is 11.9 Å². The maximum absolute atomic E-state index is 12.1. The summed E-state index contributed by atoms with van der Waals surface area (Å²) in [6, 6.07) is 5.83. The van der Waals surface area contributed by atoms with Crippen LogP contribution in [0.15, 0.2) is 24.3 Å². The van der Waals surface area contributed by atoms with Gasteiger partial charge in [0.25, 0.3) is 5.91 Å². The Kier molecular flexibility index (Phi) is 4.86. The molecule has 1 heterocycles. The highest BCUT2D eigenvalue weighted by Gasteiger charge is 2.29. The summed E-state index contributed by atoms with van der Waals surface area (Å²) < 4.78 is 33.9. The molecule has 1 aliphatic rings. The fourth-order valence-corrected chi connectivity index (χ4v) is 2.04. The molecule has 0 aromatic heterocycles. The normalized spacial score (nSPS) is 22.0. The van der Waals surface area contributed by atoms with Gasteiger partial charge in [0, 0.05) is 18.3 Å². The summed E-state index contributed by atoms with van der Waals surface area (Å²) in [6.07, 6.45) is 0.687. The van der Waals surface area contributed by atoms with Crippen molar-refractivity contribution in [3.63, 3.8) is 0 Å². The summed E-state index contributed by atoms with van der Waals surface area (Å²) in [7, 11) is 0. The van der Waals surface area contributed by atoms with Crippen LogP contribution in [0.5, 0.6) is 5.75 Å². The van der Waals surface area contributed by atoms with E-state index in [1.54, 1.807) is 6.07 Å². The fraction of sp³-hybridized carbons (Fsp3) is 0.462. The Bertz CT molecular complexity index is 471. The SMILES string of the molecule is NCC1CCC(C(=O)Nc2cccc(OC(F)F)c2)O1. The summed E-state index contributed by atoms with van der Waals surface area (Å²) in [4.78, 5) is 11.9. The van der Waals surface area contributed by atoms with Gasteiger partial charge in [0.05, 0.1) is 6.10 Å². The zero-order valence-corrected chi connectivity index (χ0v) is 10.7. The Hall–Kier alpha value is -1.73. The zero-order valence-electron chi connectivity index (χ0n) is 10.7. The molecule has 0 spiro atoms. The van der Waals surface area contributed by atoms with Crippen molar-refractivity contribution in [3.8, 4) is 5.75 Å². The summed E-state index contributed by atoms with van der Waals surface area (Å²) >= 11 is 0. The first-order valence-electron chi connectivity index (χ1n) is 6.29. The molecule has 0 radical (unpaired) electrons. The Balaban J connectivity index is 1.94.